The summed E-state index contributed by atoms with van der Waals surface area (Å²) in [5.74, 6) is 0.456. The fourth-order valence-electron chi connectivity index (χ4n) is 2.90. The Labute approximate surface area is 179 Å². The number of nitrogens with zero attached hydrogens (tertiary/aromatic N) is 2. The van der Waals surface area contributed by atoms with Crippen LogP contribution in [0.4, 0.5) is 10.7 Å². The minimum absolute atomic E-state index is 0.202. The molecule has 2 heterocycles. The van der Waals surface area contributed by atoms with Crippen molar-refractivity contribution in [3.8, 4) is 17.1 Å². The standard InChI is InChI=1S/C21H25N5O5/c1-13-8-23-20(24-16(10-27)11-28)26-19(13)15-7-18(22-9-15)31-21(30)25-17(12-29)14-5-3-2-4-6-14/h2-9,16-17,22,27-29H,10-12H2,1H3,(H,25,30)(H,23,24,26). The molecule has 0 fully saturated rings. The van der Waals surface area contributed by atoms with Crippen molar-refractivity contribution in [1.82, 2.24) is 20.3 Å². The summed E-state index contributed by atoms with van der Waals surface area (Å²) in [6.45, 7) is 1.03. The van der Waals surface area contributed by atoms with Crippen molar-refractivity contribution in [3.05, 3.63) is 59.9 Å². The summed E-state index contributed by atoms with van der Waals surface area (Å²) in [6, 6.07) is 9.54. The summed E-state index contributed by atoms with van der Waals surface area (Å²) in [7, 11) is 0. The first-order chi connectivity index (χ1) is 15.0. The minimum atomic E-state index is -0.716. The number of carbonyl (C=O) groups is 1. The fourth-order valence-corrected chi connectivity index (χ4v) is 2.90. The molecular weight excluding hydrogens is 402 g/mol. The Morgan fingerprint density at radius 1 is 1.16 bits per heavy atom. The number of H-pyrrole nitrogens is 1. The second-order valence-electron chi connectivity index (χ2n) is 6.86. The highest BCUT2D eigenvalue weighted by atomic mass is 16.6. The third-order valence-corrected chi connectivity index (χ3v) is 4.55. The molecule has 31 heavy (non-hydrogen) atoms. The molecule has 0 aliphatic heterocycles. The number of aromatic amines is 1. The molecule has 10 heteroatoms. The normalized spacial score (nSPS) is 11.9. The minimum Gasteiger partial charge on any atom is -0.394 e. The number of aliphatic hydroxyl groups is 3. The largest absolute Gasteiger partial charge is 0.414 e. The summed E-state index contributed by atoms with van der Waals surface area (Å²) in [5, 5.41) is 33.5. The van der Waals surface area contributed by atoms with Gasteiger partial charge in [0, 0.05) is 24.0 Å². The van der Waals surface area contributed by atoms with Gasteiger partial charge in [-0.3, -0.25) is 0 Å². The van der Waals surface area contributed by atoms with Gasteiger partial charge in [-0.2, -0.15) is 0 Å². The lowest BCUT2D eigenvalue weighted by Crippen LogP contribution is -2.33. The molecule has 1 amide bonds. The van der Waals surface area contributed by atoms with Gasteiger partial charge in [-0.25, -0.2) is 14.8 Å². The molecule has 0 spiro atoms. The molecule has 0 aliphatic rings. The molecule has 2 aromatic heterocycles. The van der Waals surface area contributed by atoms with Gasteiger partial charge >= 0.3 is 6.09 Å². The molecule has 1 unspecified atom stereocenters. The first kappa shape index (κ1) is 22.2. The Morgan fingerprint density at radius 2 is 1.90 bits per heavy atom. The molecule has 3 rings (SSSR count). The third-order valence-electron chi connectivity index (χ3n) is 4.55. The first-order valence-corrected chi connectivity index (χ1v) is 9.68. The number of rotatable bonds is 9. The Bertz CT molecular complexity index is 991. The molecule has 3 aromatic rings. The molecule has 10 nitrogen and oxygen atoms in total. The van der Waals surface area contributed by atoms with E-state index in [1.165, 1.54) is 0 Å². The van der Waals surface area contributed by atoms with Crippen LogP contribution in [0.15, 0.2) is 48.8 Å². The number of hydrogen-bond donors (Lipinski definition) is 6. The molecule has 1 atom stereocenters. The summed E-state index contributed by atoms with van der Waals surface area (Å²) in [6.07, 6.45) is 2.53. The number of anilines is 1. The predicted molar refractivity (Wildman–Crippen MR) is 114 cm³/mol. The molecule has 1 aromatic carbocycles. The monoisotopic (exact) mass is 427 g/mol. The zero-order chi connectivity index (χ0) is 22.2. The quantitative estimate of drug-likeness (QED) is 0.299. The van der Waals surface area contributed by atoms with Crippen molar-refractivity contribution >= 4 is 12.0 Å². The molecular formula is C21H25N5O5. The molecule has 0 saturated heterocycles. The number of nitrogens with one attached hydrogen (secondary N) is 3. The van der Waals surface area contributed by atoms with Crippen molar-refractivity contribution in [2.75, 3.05) is 25.1 Å². The van der Waals surface area contributed by atoms with E-state index in [1.54, 1.807) is 30.6 Å². The lowest BCUT2D eigenvalue weighted by molar-refractivity contribution is 0.182. The number of hydrogen-bond acceptors (Lipinski definition) is 8. The highest BCUT2D eigenvalue weighted by molar-refractivity contribution is 5.72. The van der Waals surface area contributed by atoms with Gasteiger partial charge in [0.05, 0.1) is 37.6 Å². The Hall–Kier alpha value is -3.47. The van der Waals surface area contributed by atoms with Crippen molar-refractivity contribution < 1.29 is 24.9 Å². The number of ether oxygens (including phenoxy) is 1. The van der Waals surface area contributed by atoms with Gasteiger partial charge in [0.15, 0.2) is 0 Å². The van der Waals surface area contributed by atoms with E-state index in [0.717, 1.165) is 11.1 Å². The lowest BCUT2D eigenvalue weighted by Gasteiger charge is -2.16. The van der Waals surface area contributed by atoms with Gasteiger partial charge in [0.2, 0.25) is 11.8 Å². The second-order valence-corrected chi connectivity index (χ2v) is 6.86. The second kappa shape index (κ2) is 10.5. The topological polar surface area (TPSA) is 153 Å². The van der Waals surface area contributed by atoms with Crippen LogP contribution < -0.4 is 15.4 Å². The highest BCUT2D eigenvalue weighted by Gasteiger charge is 2.17. The van der Waals surface area contributed by atoms with Gasteiger partial charge in [-0.1, -0.05) is 30.3 Å². The van der Waals surface area contributed by atoms with E-state index in [9.17, 15) is 20.1 Å². The van der Waals surface area contributed by atoms with Crippen LogP contribution in [0, 0.1) is 6.92 Å². The summed E-state index contributed by atoms with van der Waals surface area (Å²) in [5.41, 5.74) is 2.80. The van der Waals surface area contributed by atoms with Crippen LogP contribution in [0.5, 0.6) is 5.88 Å². The van der Waals surface area contributed by atoms with E-state index in [4.69, 9.17) is 4.74 Å². The zero-order valence-corrected chi connectivity index (χ0v) is 16.9. The van der Waals surface area contributed by atoms with Crippen molar-refractivity contribution in [2.45, 2.75) is 19.0 Å². The maximum absolute atomic E-state index is 12.3. The summed E-state index contributed by atoms with van der Waals surface area (Å²) >= 11 is 0. The zero-order valence-electron chi connectivity index (χ0n) is 16.9. The van der Waals surface area contributed by atoms with E-state index in [0.29, 0.717) is 11.3 Å². The smallest absolute Gasteiger partial charge is 0.394 e. The first-order valence-electron chi connectivity index (χ1n) is 9.68. The summed E-state index contributed by atoms with van der Waals surface area (Å²) < 4.78 is 5.30. The number of aryl methyl sites for hydroxylation is 1. The number of aliphatic hydroxyl groups excluding tert-OH is 3. The van der Waals surface area contributed by atoms with Gasteiger partial charge in [-0.15, -0.1) is 0 Å². The van der Waals surface area contributed by atoms with Gasteiger partial charge < -0.3 is 35.7 Å². The lowest BCUT2D eigenvalue weighted by atomic mass is 10.1. The molecule has 0 bridgehead atoms. The predicted octanol–water partition coefficient (Wildman–Crippen LogP) is 1.37. The van der Waals surface area contributed by atoms with E-state index >= 15 is 0 Å². The third kappa shape index (κ3) is 5.79. The fraction of sp³-hybridized carbons (Fsp3) is 0.286. The Kier molecular flexibility index (Phi) is 7.55. The van der Waals surface area contributed by atoms with Gasteiger partial charge in [0.1, 0.15) is 0 Å². The van der Waals surface area contributed by atoms with Crippen LogP contribution in [0.1, 0.15) is 17.2 Å². The molecule has 164 valence electrons. The Morgan fingerprint density at radius 3 is 2.58 bits per heavy atom. The van der Waals surface area contributed by atoms with Crippen LogP contribution in [0.2, 0.25) is 0 Å². The van der Waals surface area contributed by atoms with Gasteiger partial charge in [-0.05, 0) is 18.1 Å². The molecule has 0 saturated carbocycles. The average molecular weight is 427 g/mol. The van der Waals surface area contributed by atoms with Crippen molar-refractivity contribution in [1.29, 1.82) is 0 Å². The number of benzene rings is 1. The maximum Gasteiger partial charge on any atom is 0.414 e. The molecule has 0 aliphatic carbocycles. The van der Waals surface area contributed by atoms with E-state index in [-0.39, 0.29) is 31.6 Å². The van der Waals surface area contributed by atoms with Crippen molar-refractivity contribution in [2.24, 2.45) is 0 Å². The number of carbonyl (C=O) groups excluding carboxylic acids is 1. The number of aromatic nitrogens is 3. The van der Waals surface area contributed by atoms with E-state index in [2.05, 4.69) is 25.6 Å². The van der Waals surface area contributed by atoms with Crippen LogP contribution in [-0.2, 0) is 0 Å². The number of amides is 1. The van der Waals surface area contributed by atoms with Crippen molar-refractivity contribution in [3.63, 3.8) is 0 Å². The SMILES string of the molecule is Cc1cnc(NC(CO)CO)nc1-c1c[nH]c(OC(=O)NC(CO)c2ccccc2)c1. The Balaban J connectivity index is 1.69. The molecule has 0 radical (unpaired) electrons. The van der Waals surface area contributed by atoms with Crippen LogP contribution in [0.3, 0.4) is 0 Å². The van der Waals surface area contributed by atoms with E-state index < -0.39 is 18.2 Å². The van der Waals surface area contributed by atoms with Crippen LogP contribution in [-0.4, -0.2) is 62.2 Å². The maximum atomic E-state index is 12.3. The molecule has 6 N–H and O–H groups in total. The van der Waals surface area contributed by atoms with Gasteiger partial charge in [0.25, 0.3) is 0 Å². The van der Waals surface area contributed by atoms with Crippen LogP contribution in [0.25, 0.3) is 11.3 Å². The highest BCUT2D eigenvalue weighted by Crippen LogP contribution is 2.25. The van der Waals surface area contributed by atoms with Crippen LogP contribution >= 0.6 is 0 Å². The van der Waals surface area contributed by atoms with E-state index in [1.807, 2.05) is 25.1 Å². The summed E-state index contributed by atoms with van der Waals surface area (Å²) in [4.78, 5) is 23.7. The average Bonchev–Trinajstić information content (AvgIpc) is 3.25.